The number of hydrogen-bond acceptors (Lipinski definition) is 4. The zero-order valence-corrected chi connectivity index (χ0v) is 22.6. The lowest BCUT2D eigenvalue weighted by molar-refractivity contribution is -0.146. The van der Waals surface area contributed by atoms with Gasteiger partial charge in [-0.3, -0.25) is 9.59 Å². The van der Waals surface area contributed by atoms with Gasteiger partial charge in [-0.1, -0.05) is 67.8 Å². The number of rotatable bonds is 6. The third-order valence-corrected chi connectivity index (χ3v) is 9.20. The minimum atomic E-state index is -0.847. The van der Waals surface area contributed by atoms with Crippen LogP contribution in [0.5, 0.6) is 5.75 Å². The van der Waals surface area contributed by atoms with Crippen LogP contribution in [0.2, 0.25) is 0 Å². The van der Waals surface area contributed by atoms with E-state index in [0.717, 1.165) is 57.5 Å². The maximum Gasteiger partial charge on any atom is 0.315 e. The molecule has 2 unspecified atom stereocenters. The Kier molecular flexibility index (Phi) is 6.14. The molecule has 1 aliphatic heterocycles. The van der Waals surface area contributed by atoms with Crippen molar-refractivity contribution in [3.05, 3.63) is 94.2 Å². The molecule has 6 nitrogen and oxygen atoms in total. The van der Waals surface area contributed by atoms with Crippen LogP contribution in [0.1, 0.15) is 67.2 Å². The molecule has 4 aliphatic rings. The number of benzene rings is 2. The van der Waals surface area contributed by atoms with E-state index in [4.69, 9.17) is 9.47 Å². The molecule has 40 heavy (non-hydrogen) atoms. The van der Waals surface area contributed by atoms with E-state index < -0.39 is 17.8 Å². The first-order chi connectivity index (χ1) is 19.6. The molecule has 3 aliphatic carbocycles. The summed E-state index contributed by atoms with van der Waals surface area (Å²) in [7, 11) is 1.43. The number of ether oxygens (including phenoxy) is 2. The predicted molar refractivity (Wildman–Crippen MR) is 153 cm³/mol. The number of carboxylic acid groups (broad SMARTS) is 1. The average Bonchev–Trinajstić information content (AvgIpc) is 3.63. The second kappa shape index (κ2) is 9.84. The van der Waals surface area contributed by atoms with Gasteiger partial charge >= 0.3 is 11.9 Å². The summed E-state index contributed by atoms with van der Waals surface area (Å²) in [6.07, 6.45) is 12.5. The quantitative estimate of drug-likeness (QED) is 0.345. The summed E-state index contributed by atoms with van der Waals surface area (Å²) in [5.74, 6) is -1.23. The van der Waals surface area contributed by atoms with Crippen LogP contribution in [0.25, 0.3) is 17.1 Å². The van der Waals surface area contributed by atoms with Crippen LogP contribution in [0.15, 0.2) is 77.4 Å². The third-order valence-electron chi connectivity index (χ3n) is 9.20. The number of carbonyl (C=O) groups excluding carboxylic acids is 1. The van der Waals surface area contributed by atoms with E-state index >= 15 is 0 Å². The van der Waals surface area contributed by atoms with Gasteiger partial charge in [0.15, 0.2) is 0 Å². The molecule has 6 heteroatoms. The summed E-state index contributed by atoms with van der Waals surface area (Å²) in [5.41, 5.74) is 7.04. The van der Waals surface area contributed by atoms with E-state index in [2.05, 4.69) is 34.9 Å². The number of allylic oxidation sites excluding steroid dienone is 3. The molecule has 2 saturated carbocycles. The largest absolute Gasteiger partial charge is 0.488 e. The SMILES string of the molecule is COC(=O)[C@@H]1CC=CC2=C3C(=Cn4c(cc5c(OCc6ccccc6)ccc(C6CCCCC6)c54)C21)C3C(=O)O. The van der Waals surface area contributed by atoms with Gasteiger partial charge in [-0.25, -0.2) is 0 Å². The second-order valence-corrected chi connectivity index (χ2v) is 11.4. The highest BCUT2D eigenvalue weighted by Crippen LogP contribution is 2.57. The number of aliphatic carboxylic acids is 1. The Balaban J connectivity index is 1.44. The summed E-state index contributed by atoms with van der Waals surface area (Å²) in [4.78, 5) is 25.4. The molecule has 0 spiro atoms. The topological polar surface area (TPSA) is 77.8 Å². The summed E-state index contributed by atoms with van der Waals surface area (Å²) >= 11 is 0. The van der Waals surface area contributed by atoms with Gasteiger partial charge < -0.3 is 19.1 Å². The van der Waals surface area contributed by atoms with E-state index in [0.29, 0.717) is 18.9 Å². The maximum absolute atomic E-state index is 13.1. The van der Waals surface area contributed by atoms with Crippen molar-refractivity contribution in [1.82, 2.24) is 4.57 Å². The number of carbonyl (C=O) groups is 2. The predicted octanol–water partition coefficient (Wildman–Crippen LogP) is 6.97. The second-order valence-electron chi connectivity index (χ2n) is 11.4. The van der Waals surface area contributed by atoms with Crippen molar-refractivity contribution < 1.29 is 24.2 Å². The van der Waals surface area contributed by atoms with E-state index in [9.17, 15) is 14.7 Å². The van der Waals surface area contributed by atoms with Crippen LogP contribution < -0.4 is 4.74 Å². The number of esters is 1. The number of aromatic nitrogens is 1. The van der Waals surface area contributed by atoms with Crippen molar-refractivity contribution in [3.8, 4) is 5.75 Å². The molecule has 0 saturated heterocycles. The summed E-state index contributed by atoms with van der Waals surface area (Å²) in [6, 6.07) is 16.6. The van der Waals surface area contributed by atoms with Crippen LogP contribution in [-0.2, 0) is 20.9 Å². The zero-order chi connectivity index (χ0) is 27.4. The van der Waals surface area contributed by atoms with E-state index in [1.54, 1.807) is 0 Å². The summed E-state index contributed by atoms with van der Waals surface area (Å²) in [6.45, 7) is 0.452. The van der Waals surface area contributed by atoms with Crippen LogP contribution in [0.4, 0.5) is 0 Å². The molecule has 2 aromatic carbocycles. The molecule has 3 aromatic rings. The fourth-order valence-corrected chi connectivity index (χ4v) is 7.26. The minimum absolute atomic E-state index is 0.270. The van der Waals surface area contributed by atoms with Crippen molar-refractivity contribution in [3.63, 3.8) is 0 Å². The fraction of sp³-hybridized carbons (Fsp3) is 0.353. The molecule has 1 aromatic heterocycles. The van der Waals surface area contributed by atoms with Gasteiger partial charge in [-0.2, -0.15) is 0 Å². The van der Waals surface area contributed by atoms with Crippen molar-refractivity contribution in [2.75, 3.05) is 7.11 Å². The van der Waals surface area contributed by atoms with Gasteiger partial charge in [0.2, 0.25) is 0 Å². The lowest BCUT2D eigenvalue weighted by atomic mass is 9.77. The number of hydrogen-bond donors (Lipinski definition) is 1. The van der Waals surface area contributed by atoms with Gasteiger partial charge in [0.25, 0.3) is 0 Å². The minimum Gasteiger partial charge on any atom is -0.488 e. The smallest absolute Gasteiger partial charge is 0.315 e. The molecular weight excluding hydrogens is 502 g/mol. The average molecular weight is 536 g/mol. The number of methoxy groups -OCH3 is 1. The molecule has 2 fully saturated rings. The first-order valence-electron chi connectivity index (χ1n) is 14.3. The van der Waals surface area contributed by atoms with Gasteiger partial charge in [-0.15, -0.1) is 0 Å². The first-order valence-corrected chi connectivity index (χ1v) is 14.3. The van der Waals surface area contributed by atoms with Gasteiger partial charge in [-0.05, 0) is 65.2 Å². The molecule has 0 radical (unpaired) electrons. The van der Waals surface area contributed by atoms with E-state index in [-0.39, 0.29) is 11.9 Å². The Morgan fingerprint density at radius 1 is 1.05 bits per heavy atom. The van der Waals surface area contributed by atoms with Crippen molar-refractivity contribution in [1.29, 1.82) is 0 Å². The summed E-state index contributed by atoms with van der Waals surface area (Å²) in [5, 5.41) is 11.1. The van der Waals surface area contributed by atoms with Gasteiger partial charge in [0.05, 0.1) is 18.5 Å². The molecule has 7 rings (SSSR count). The maximum atomic E-state index is 13.1. The van der Waals surface area contributed by atoms with Crippen LogP contribution in [0, 0.1) is 11.8 Å². The number of fused-ring (bicyclic) bond motifs is 6. The van der Waals surface area contributed by atoms with Crippen LogP contribution in [0.3, 0.4) is 0 Å². The Hall–Kier alpha value is -4.06. The molecule has 3 atom stereocenters. The molecule has 0 amide bonds. The first kappa shape index (κ1) is 24.9. The zero-order valence-electron chi connectivity index (χ0n) is 22.6. The monoisotopic (exact) mass is 535 g/mol. The van der Waals surface area contributed by atoms with Crippen molar-refractivity contribution in [2.45, 2.75) is 57.0 Å². The number of carboxylic acids is 1. The Bertz CT molecular complexity index is 1600. The van der Waals surface area contributed by atoms with Gasteiger partial charge in [0, 0.05) is 23.2 Å². The van der Waals surface area contributed by atoms with Crippen LogP contribution >= 0.6 is 0 Å². The molecule has 2 heterocycles. The highest BCUT2D eigenvalue weighted by molar-refractivity contribution is 5.98. The Morgan fingerprint density at radius 2 is 1.85 bits per heavy atom. The van der Waals surface area contributed by atoms with Crippen molar-refractivity contribution >= 4 is 29.0 Å². The normalized spacial score (nSPS) is 23.5. The molecule has 1 N–H and O–H groups in total. The van der Waals surface area contributed by atoms with Gasteiger partial charge in [0.1, 0.15) is 18.3 Å². The molecule has 0 bridgehead atoms. The van der Waals surface area contributed by atoms with E-state index in [1.165, 1.54) is 31.9 Å². The van der Waals surface area contributed by atoms with Crippen LogP contribution in [-0.4, -0.2) is 28.7 Å². The fourth-order valence-electron chi connectivity index (χ4n) is 7.26. The highest BCUT2D eigenvalue weighted by atomic mass is 16.5. The lowest BCUT2D eigenvalue weighted by Gasteiger charge is -2.29. The lowest BCUT2D eigenvalue weighted by Crippen LogP contribution is -2.27. The Labute approximate surface area is 233 Å². The molecular formula is C34H33NO5. The highest BCUT2D eigenvalue weighted by Gasteiger charge is 2.51. The summed E-state index contributed by atoms with van der Waals surface area (Å²) < 4.78 is 13.9. The Morgan fingerprint density at radius 3 is 2.60 bits per heavy atom. The third kappa shape index (κ3) is 4.00. The number of nitrogens with zero attached hydrogens (tertiary/aromatic N) is 1. The molecule has 204 valence electrons. The van der Waals surface area contributed by atoms with Crippen molar-refractivity contribution in [2.24, 2.45) is 11.8 Å². The van der Waals surface area contributed by atoms with E-state index in [1.807, 2.05) is 36.6 Å². The standard InChI is InChI=1S/C34H33NO5/c1-39-34(38)24-14-8-13-23-29(24)27-17-25-28(40-19-20-9-4-2-5-10-20)16-15-22(21-11-6-3-7-12-21)32(25)35(27)18-26-30(23)31(26)33(36)37/h2,4-5,8-10,13,15-18,21,24,29,31H,3,6-7,11-12,14,19H2,1H3,(H,36,37)/t24-,29?,31?/m1/s1.